The third kappa shape index (κ3) is 3.85. The van der Waals surface area contributed by atoms with Crippen LogP contribution in [0.2, 0.25) is 5.02 Å². The highest BCUT2D eigenvalue weighted by atomic mass is 35.5. The molecule has 0 fully saturated rings. The Labute approximate surface area is 122 Å². The Balaban J connectivity index is 1.99. The van der Waals surface area contributed by atoms with E-state index in [1.165, 1.54) is 11.8 Å². The number of nitrogens with zero attached hydrogens (tertiary/aromatic N) is 2. The molecule has 19 heavy (non-hydrogen) atoms. The second-order valence-electron chi connectivity index (χ2n) is 4.11. The molecule has 5 heteroatoms. The molecule has 3 nitrogen and oxygen atoms in total. The number of rotatable bonds is 6. The van der Waals surface area contributed by atoms with Crippen molar-refractivity contribution < 1.29 is 4.79 Å². The molecular formula is C14H15ClN2OS. The minimum atomic E-state index is 0.0448. The van der Waals surface area contributed by atoms with Crippen LogP contribution >= 0.6 is 23.4 Å². The summed E-state index contributed by atoms with van der Waals surface area (Å²) in [6.45, 7) is 2.90. The van der Waals surface area contributed by atoms with Gasteiger partial charge in [-0.15, -0.1) is 11.8 Å². The third-order valence-electron chi connectivity index (χ3n) is 2.60. The summed E-state index contributed by atoms with van der Waals surface area (Å²) in [6, 6.07) is 7.51. The van der Waals surface area contributed by atoms with Crippen LogP contribution in [0.3, 0.4) is 0 Å². The molecule has 0 bridgehead atoms. The first kappa shape index (κ1) is 14.2. The van der Waals surface area contributed by atoms with Crippen molar-refractivity contribution >= 4 is 29.1 Å². The number of benzene rings is 1. The number of halogens is 1. The van der Waals surface area contributed by atoms with Gasteiger partial charge in [-0.2, -0.15) is 0 Å². The number of aryl methyl sites for hydroxylation is 1. The van der Waals surface area contributed by atoms with Gasteiger partial charge in [0.1, 0.15) is 0 Å². The second kappa shape index (κ2) is 6.78. The van der Waals surface area contributed by atoms with Crippen molar-refractivity contribution in [2.24, 2.45) is 0 Å². The maximum atomic E-state index is 12.1. The maximum Gasteiger partial charge on any atom is 0.208 e. The summed E-state index contributed by atoms with van der Waals surface area (Å²) in [7, 11) is 0. The van der Waals surface area contributed by atoms with Gasteiger partial charge in [0, 0.05) is 28.9 Å². The van der Waals surface area contributed by atoms with Crippen LogP contribution in [0.1, 0.15) is 24.0 Å². The number of carbonyl (C=O) groups is 1. The summed E-state index contributed by atoms with van der Waals surface area (Å²) in [5.74, 6) is 0.959. The lowest BCUT2D eigenvalue weighted by Crippen LogP contribution is -2.12. The van der Waals surface area contributed by atoms with E-state index in [1.807, 2.05) is 35.0 Å². The zero-order valence-electron chi connectivity index (χ0n) is 10.7. The Bertz CT molecular complexity index is 568. The van der Waals surface area contributed by atoms with Gasteiger partial charge in [0.05, 0.1) is 5.75 Å². The topological polar surface area (TPSA) is 34.9 Å². The Morgan fingerprint density at radius 1 is 1.47 bits per heavy atom. The lowest BCUT2D eigenvalue weighted by molar-refractivity contribution is 0.100. The molecule has 0 spiro atoms. The molecule has 0 radical (unpaired) electrons. The molecule has 0 atom stereocenters. The predicted molar refractivity (Wildman–Crippen MR) is 79.0 cm³/mol. The van der Waals surface area contributed by atoms with E-state index in [-0.39, 0.29) is 5.78 Å². The molecule has 0 aliphatic heterocycles. The standard InChI is InChI=1S/C14H15ClN2OS/c1-2-7-17-8-6-16-14(17)13(18)10-19-12-5-3-4-11(15)9-12/h3-6,8-9H,2,7,10H2,1H3. The van der Waals surface area contributed by atoms with E-state index >= 15 is 0 Å². The lowest BCUT2D eigenvalue weighted by atomic mass is 10.4. The summed E-state index contributed by atoms with van der Waals surface area (Å²) >= 11 is 7.39. The van der Waals surface area contributed by atoms with Crippen molar-refractivity contribution in [2.75, 3.05) is 5.75 Å². The van der Waals surface area contributed by atoms with Crippen molar-refractivity contribution in [2.45, 2.75) is 24.8 Å². The van der Waals surface area contributed by atoms with Gasteiger partial charge in [-0.1, -0.05) is 24.6 Å². The van der Waals surface area contributed by atoms with Gasteiger partial charge in [-0.25, -0.2) is 4.98 Å². The molecule has 1 aromatic carbocycles. The SMILES string of the molecule is CCCn1ccnc1C(=O)CSc1cccc(Cl)c1. The first-order chi connectivity index (χ1) is 9.20. The molecule has 1 heterocycles. The van der Waals surface area contributed by atoms with Gasteiger partial charge in [-0.05, 0) is 24.6 Å². The Kier molecular flexibility index (Phi) is 5.05. The van der Waals surface area contributed by atoms with Gasteiger partial charge < -0.3 is 4.57 Å². The fourth-order valence-electron chi connectivity index (χ4n) is 1.75. The number of carbonyl (C=O) groups excluding carboxylic acids is 1. The Hall–Kier alpha value is -1.26. The van der Waals surface area contributed by atoms with Gasteiger partial charge >= 0.3 is 0 Å². The van der Waals surface area contributed by atoms with Crippen LogP contribution in [0, 0.1) is 0 Å². The highest BCUT2D eigenvalue weighted by Crippen LogP contribution is 2.22. The molecule has 0 saturated heterocycles. The van der Waals surface area contributed by atoms with Crippen molar-refractivity contribution in [3.05, 3.63) is 47.5 Å². The zero-order valence-corrected chi connectivity index (χ0v) is 12.2. The van der Waals surface area contributed by atoms with Gasteiger partial charge in [0.2, 0.25) is 5.78 Å². The van der Waals surface area contributed by atoms with Crippen LogP contribution in [-0.2, 0) is 6.54 Å². The van der Waals surface area contributed by atoms with Crippen LogP contribution in [0.4, 0.5) is 0 Å². The third-order valence-corrected chi connectivity index (χ3v) is 3.82. The van der Waals surface area contributed by atoms with Crippen molar-refractivity contribution in [3.8, 4) is 0 Å². The minimum Gasteiger partial charge on any atom is -0.329 e. The van der Waals surface area contributed by atoms with E-state index in [0.29, 0.717) is 16.6 Å². The van der Waals surface area contributed by atoms with E-state index in [1.54, 1.807) is 6.20 Å². The molecule has 100 valence electrons. The summed E-state index contributed by atoms with van der Waals surface area (Å²) in [5, 5.41) is 0.685. The first-order valence-corrected chi connectivity index (χ1v) is 7.49. The molecule has 0 saturated carbocycles. The number of aromatic nitrogens is 2. The average Bonchev–Trinajstić information content (AvgIpc) is 2.85. The van der Waals surface area contributed by atoms with Crippen molar-refractivity contribution in [1.29, 1.82) is 0 Å². The van der Waals surface area contributed by atoms with Gasteiger partial charge in [-0.3, -0.25) is 4.79 Å². The van der Waals surface area contributed by atoms with Gasteiger partial charge in [0.15, 0.2) is 5.82 Å². The van der Waals surface area contributed by atoms with Crippen LogP contribution in [0.15, 0.2) is 41.6 Å². The molecule has 0 amide bonds. The fourth-order valence-corrected chi connectivity index (χ4v) is 2.82. The van der Waals surface area contributed by atoms with E-state index in [2.05, 4.69) is 11.9 Å². The largest absolute Gasteiger partial charge is 0.329 e. The number of imidazole rings is 1. The molecule has 2 aromatic rings. The second-order valence-corrected chi connectivity index (χ2v) is 5.60. The Morgan fingerprint density at radius 3 is 3.05 bits per heavy atom. The number of hydrogen-bond donors (Lipinski definition) is 0. The molecule has 0 N–H and O–H groups in total. The van der Waals surface area contributed by atoms with Crippen LogP contribution < -0.4 is 0 Å². The van der Waals surface area contributed by atoms with Gasteiger partial charge in [0.25, 0.3) is 0 Å². The monoisotopic (exact) mass is 294 g/mol. The Morgan fingerprint density at radius 2 is 2.32 bits per heavy atom. The normalized spacial score (nSPS) is 10.6. The van der Waals surface area contributed by atoms with Crippen molar-refractivity contribution in [3.63, 3.8) is 0 Å². The average molecular weight is 295 g/mol. The van der Waals surface area contributed by atoms with E-state index in [4.69, 9.17) is 11.6 Å². The molecule has 0 aliphatic rings. The number of ketones is 1. The number of Topliss-reactive ketones (excluding diaryl/α,β-unsaturated/α-hetero) is 1. The lowest BCUT2D eigenvalue weighted by Gasteiger charge is -2.05. The number of thioether (sulfide) groups is 1. The highest BCUT2D eigenvalue weighted by molar-refractivity contribution is 8.00. The molecule has 0 aliphatic carbocycles. The predicted octanol–water partition coefficient (Wildman–Crippen LogP) is 3.92. The highest BCUT2D eigenvalue weighted by Gasteiger charge is 2.12. The summed E-state index contributed by atoms with van der Waals surface area (Å²) in [6.07, 6.45) is 4.51. The molecule has 1 aromatic heterocycles. The van der Waals surface area contributed by atoms with Crippen molar-refractivity contribution in [1.82, 2.24) is 9.55 Å². The maximum absolute atomic E-state index is 12.1. The van der Waals surface area contributed by atoms with Crippen LogP contribution in [0.5, 0.6) is 0 Å². The molecule has 2 rings (SSSR count). The quantitative estimate of drug-likeness (QED) is 0.598. The van der Waals surface area contributed by atoms with Crippen LogP contribution in [0.25, 0.3) is 0 Å². The van der Waals surface area contributed by atoms with E-state index < -0.39 is 0 Å². The fraction of sp³-hybridized carbons (Fsp3) is 0.286. The van der Waals surface area contributed by atoms with Crippen LogP contribution in [-0.4, -0.2) is 21.1 Å². The minimum absolute atomic E-state index is 0.0448. The molecular weight excluding hydrogens is 280 g/mol. The first-order valence-electron chi connectivity index (χ1n) is 6.13. The zero-order chi connectivity index (χ0) is 13.7. The smallest absolute Gasteiger partial charge is 0.208 e. The van der Waals surface area contributed by atoms with E-state index in [0.717, 1.165) is 17.9 Å². The summed E-state index contributed by atoms with van der Waals surface area (Å²) < 4.78 is 1.90. The summed E-state index contributed by atoms with van der Waals surface area (Å²) in [4.78, 5) is 17.3. The summed E-state index contributed by atoms with van der Waals surface area (Å²) in [5.41, 5.74) is 0. The number of hydrogen-bond acceptors (Lipinski definition) is 3. The molecule has 0 unspecified atom stereocenters. The van der Waals surface area contributed by atoms with E-state index in [9.17, 15) is 4.79 Å².